The molecule has 0 fully saturated rings. The lowest BCUT2D eigenvalue weighted by Crippen LogP contribution is -2.10. The van der Waals surface area contributed by atoms with Crippen LogP contribution in [0.25, 0.3) is 89.7 Å². The van der Waals surface area contributed by atoms with Crippen LogP contribution in [0.5, 0.6) is 0 Å². The van der Waals surface area contributed by atoms with Crippen LogP contribution >= 0.6 is 22.7 Å². The van der Waals surface area contributed by atoms with Gasteiger partial charge in [0.05, 0.1) is 31.8 Å². The molecule has 0 atom stereocenters. The molecule has 0 N–H and O–H groups in total. The maximum atomic E-state index is 2.51. The second-order valence-corrected chi connectivity index (χ2v) is 16.6. The Kier molecular flexibility index (Phi) is 7.00. The third-order valence-corrected chi connectivity index (χ3v) is 13.8. The summed E-state index contributed by atoms with van der Waals surface area (Å²) in [5.74, 6) is 0. The van der Waals surface area contributed by atoms with Crippen molar-refractivity contribution >= 4 is 113 Å². The van der Waals surface area contributed by atoms with Crippen molar-refractivity contribution in [1.29, 1.82) is 0 Å². The van der Waals surface area contributed by atoms with E-state index in [-0.39, 0.29) is 0 Å². The van der Waals surface area contributed by atoms with E-state index in [0.717, 1.165) is 5.69 Å². The van der Waals surface area contributed by atoms with Crippen molar-refractivity contribution in [3.63, 3.8) is 0 Å². The van der Waals surface area contributed by atoms with E-state index in [2.05, 4.69) is 204 Å². The van der Waals surface area contributed by atoms with Crippen molar-refractivity contribution in [2.45, 2.75) is 0 Å². The minimum Gasteiger partial charge on any atom is -0.309 e. The summed E-state index contributed by atoms with van der Waals surface area (Å²) < 4.78 is 7.60. The van der Waals surface area contributed by atoms with Gasteiger partial charge in [-0.3, -0.25) is 0 Å². The number of fused-ring (bicyclic) bond motifs is 10. The molecule has 12 aromatic rings. The molecule has 0 radical (unpaired) electrons. The maximum absolute atomic E-state index is 2.51. The number of hydrogen-bond acceptors (Lipinski definition) is 3. The fourth-order valence-electron chi connectivity index (χ4n) is 8.78. The monoisotopic (exact) mass is 748 g/mol. The van der Waals surface area contributed by atoms with Gasteiger partial charge in [-0.1, -0.05) is 127 Å². The van der Waals surface area contributed by atoms with Crippen LogP contribution in [0.15, 0.2) is 194 Å². The highest BCUT2D eigenvalue weighted by atomic mass is 32.1. The second-order valence-electron chi connectivity index (χ2n) is 14.5. The summed E-state index contributed by atoms with van der Waals surface area (Å²) in [6, 6.07) is 71.4. The first-order valence-corrected chi connectivity index (χ1v) is 20.6. The molecule has 3 aromatic heterocycles. The largest absolute Gasteiger partial charge is 0.309 e. The van der Waals surface area contributed by atoms with Gasteiger partial charge in [-0.05, 0) is 88.6 Å². The average molecular weight is 749 g/mol. The standard InChI is InChI=1S/C52H32N2S2/c1-2-12-37(13-3-1)53-45-19-7-4-14-39(45)40-29-27-35(32-48(40)53)34-25-24-33-26-28-38(31-36(33)30-34)54(46-20-10-17-43-41-15-5-8-22-49(41)55-51(43)46)47-21-11-18-44-42-16-6-9-23-50(42)56-52(44)47/h1-32H. The Hall–Kier alpha value is -6.72. The third-order valence-electron chi connectivity index (χ3n) is 11.4. The molecule has 0 amide bonds. The van der Waals surface area contributed by atoms with Crippen molar-refractivity contribution in [1.82, 2.24) is 4.57 Å². The van der Waals surface area contributed by atoms with Crippen molar-refractivity contribution in [3.8, 4) is 16.8 Å². The van der Waals surface area contributed by atoms with Gasteiger partial charge >= 0.3 is 0 Å². The molecule has 0 saturated heterocycles. The number of benzene rings is 9. The summed E-state index contributed by atoms with van der Waals surface area (Å²) in [7, 11) is 0. The molecule has 0 saturated carbocycles. The quantitative estimate of drug-likeness (QED) is 0.170. The maximum Gasteiger partial charge on any atom is 0.0640 e. The molecule has 262 valence electrons. The number of para-hydroxylation sites is 2. The minimum absolute atomic E-state index is 1.14. The highest BCUT2D eigenvalue weighted by Crippen LogP contribution is 2.49. The van der Waals surface area contributed by atoms with Crippen LogP contribution in [0, 0.1) is 0 Å². The van der Waals surface area contributed by atoms with Gasteiger partial charge in [0.15, 0.2) is 0 Å². The predicted octanol–water partition coefficient (Wildman–Crippen LogP) is 15.8. The molecular weight excluding hydrogens is 717 g/mol. The summed E-state index contributed by atoms with van der Waals surface area (Å²) in [5, 5.41) is 10.2. The first-order chi connectivity index (χ1) is 27.8. The molecule has 0 aliphatic heterocycles. The Morgan fingerprint density at radius 3 is 1.62 bits per heavy atom. The van der Waals surface area contributed by atoms with E-state index in [1.165, 1.54) is 101 Å². The highest BCUT2D eigenvalue weighted by Gasteiger charge is 2.22. The van der Waals surface area contributed by atoms with Gasteiger partial charge < -0.3 is 9.47 Å². The normalized spacial score (nSPS) is 11.9. The van der Waals surface area contributed by atoms with E-state index < -0.39 is 0 Å². The fourth-order valence-corrected chi connectivity index (χ4v) is 11.2. The second kappa shape index (κ2) is 12.4. The van der Waals surface area contributed by atoms with E-state index in [0.29, 0.717) is 0 Å². The van der Waals surface area contributed by atoms with Gasteiger partial charge in [-0.25, -0.2) is 0 Å². The number of aromatic nitrogens is 1. The molecule has 4 heteroatoms. The molecule has 12 rings (SSSR count). The summed E-state index contributed by atoms with van der Waals surface area (Å²) in [4.78, 5) is 2.51. The van der Waals surface area contributed by atoms with Gasteiger partial charge in [0.1, 0.15) is 0 Å². The molecule has 0 aliphatic carbocycles. The van der Waals surface area contributed by atoms with E-state index in [4.69, 9.17) is 0 Å². The zero-order valence-electron chi connectivity index (χ0n) is 30.2. The first kappa shape index (κ1) is 31.6. The lowest BCUT2D eigenvalue weighted by atomic mass is 9.99. The van der Waals surface area contributed by atoms with Gasteiger partial charge in [-0.15, -0.1) is 22.7 Å². The third kappa shape index (κ3) is 4.80. The predicted molar refractivity (Wildman–Crippen MR) is 244 cm³/mol. The summed E-state index contributed by atoms with van der Waals surface area (Å²) >= 11 is 3.76. The van der Waals surface area contributed by atoms with Gasteiger partial charge in [0.25, 0.3) is 0 Å². The summed E-state index contributed by atoms with van der Waals surface area (Å²) in [5.41, 5.74) is 9.54. The Morgan fingerprint density at radius 2 is 0.911 bits per heavy atom. The number of hydrogen-bond donors (Lipinski definition) is 0. The van der Waals surface area contributed by atoms with Crippen LogP contribution in [0.4, 0.5) is 17.1 Å². The number of rotatable bonds is 5. The zero-order chi connectivity index (χ0) is 36.7. The van der Waals surface area contributed by atoms with Crippen LogP contribution in [0.3, 0.4) is 0 Å². The van der Waals surface area contributed by atoms with E-state index in [1.54, 1.807) is 0 Å². The van der Waals surface area contributed by atoms with E-state index in [9.17, 15) is 0 Å². The summed E-state index contributed by atoms with van der Waals surface area (Å²) in [6.45, 7) is 0. The van der Waals surface area contributed by atoms with Crippen LogP contribution in [0.1, 0.15) is 0 Å². The van der Waals surface area contributed by atoms with E-state index in [1.807, 2.05) is 22.7 Å². The van der Waals surface area contributed by atoms with Gasteiger partial charge in [-0.2, -0.15) is 0 Å². The molecule has 2 nitrogen and oxygen atoms in total. The molecule has 0 aliphatic rings. The number of thiophene rings is 2. The SMILES string of the molecule is c1ccc(-n2c3ccccc3c3ccc(-c4ccc5ccc(N(c6cccc7c6sc6ccccc67)c6cccc7c6sc6ccccc67)cc5c4)cc32)cc1. The zero-order valence-corrected chi connectivity index (χ0v) is 31.8. The molecule has 0 spiro atoms. The molecule has 0 bridgehead atoms. The van der Waals surface area contributed by atoms with Crippen LogP contribution in [0.2, 0.25) is 0 Å². The van der Waals surface area contributed by atoms with Crippen LogP contribution < -0.4 is 4.90 Å². The van der Waals surface area contributed by atoms with Crippen LogP contribution in [-0.2, 0) is 0 Å². The molecule has 9 aromatic carbocycles. The average Bonchev–Trinajstić information content (AvgIpc) is 3.94. The Bertz CT molecular complexity index is 3380. The number of anilines is 3. The highest BCUT2D eigenvalue weighted by molar-refractivity contribution is 7.27. The Labute approximate surface area is 331 Å². The summed E-state index contributed by atoms with van der Waals surface area (Å²) in [6.07, 6.45) is 0. The van der Waals surface area contributed by atoms with Crippen molar-refractivity contribution in [2.24, 2.45) is 0 Å². The van der Waals surface area contributed by atoms with Crippen molar-refractivity contribution < 1.29 is 0 Å². The molecule has 56 heavy (non-hydrogen) atoms. The molecule has 3 heterocycles. The minimum atomic E-state index is 1.14. The number of nitrogens with zero attached hydrogens (tertiary/aromatic N) is 2. The lowest BCUT2D eigenvalue weighted by molar-refractivity contribution is 1.18. The van der Waals surface area contributed by atoms with Gasteiger partial charge in [0.2, 0.25) is 0 Å². The smallest absolute Gasteiger partial charge is 0.0640 e. The topological polar surface area (TPSA) is 8.17 Å². The molecule has 0 unspecified atom stereocenters. The fraction of sp³-hybridized carbons (Fsp3) is 0. The first-order valence-electron chi connectivity index (χ1n) is 19.0. The lowest BCUT2D eigenvalue weighted by Gasteiger charge is -2.27. The van der Waals surface area contributed by atoms with Gasteiger partial charge in [0, 0.05) is 53.1 Å². The van der Waals surface area contributed by atoms with Crippen molar-refractivity contribution in [2.75, 3.05) is 4.90 Å². The Morgan fingerprint density at radius 1 is 0.357 bits per heavy atom. The van der Waals surface area contributed by atoms with Crippen LogP contribution in [-0.4, -0.2) is 4.57 Å². The van der Waals surface area contributed by atoms with E-state index >= 15 is 0 Å². The Balaban J connectivity index is 1.07. The van der Waals surface area contributed by atoms with Crippen molar-refractivity contribution in [3.05, 3.63) is 194 Å². The molecular formula is C52H32N2S2.